The van der Waals surface area contributed by atoms with Gasteiger partial charge in [-0.15, -0.1) is 0 Å². The molecule has 0 radical (unpaired) electrons. The van der Waals surface area contributed by atoms with Gasteiger partial charge in [0.15, 0.2) is 0 Å². The molecule has 3 nitrogen and oxygen atoms in total. The molecule has 0 unspecified atom stereocenters. The fraction of sp³-hybridized carbons (Fsp3) is 0.667. The molecule has 0 spiro atoms. The Hall–Kier alpha value is -0.480. The summed E-state index contributed by atoms with van der Waals surface area (Å²) in [5.41, 5.74) is 5.35. The van der Waals surface area contributed by atoms with Gasteiger partial charge in [-0.1, -0.05) is 6.92 Å². The molecule has 0 aliphatic heterocycles. The first-order valence-corrected chi connectivity index (χ1v) is 4.15. The SMILES string of the molecule is CCc1nsc(CCN)n1. The molecule has 1 heterocycles. The van der Waals surface area contributed by atoms with E-state index < -0.39 is 0 Å². The zero-order chi connectivity index (χ0) is 7.40. The molecular weight excluding hydrogens is 146 g/mol. The van der Waals surface area contributed by atoms with Crippen molar-refractivity contribution in [2.45, 2.75) is 19.8 Å². The summed E-state index contributed by atoms with van der Waals surface area (Å²) in [7, 11) is 0. The van der Waals surface area contributed by atoms with Crippen LogP contribution < -0.4 is 5.73 Å². The Bertz CT molecular complexity index is 197. The van der Waals surface area contributed by atoms with E-state index in [4.69, 9.17) is 5.73 Å². The van der Waals surface area contributed by atoms with Crippen molar-refractivity contribution in [1.82, 2.24) is 9.36 Å². The van der Waals surface area contributed by atoms with Crippen molar-refractivity contribution in [1.29, 1.82) is 0 Å². The van der Waals surface area contributed by atoms with Gasteiger partial charge in [0.1, 0.15) is 10.8 Å². The molecule has 0 saturated carbocycles. The highest BCUT2D eigenvalue weighted by Gasteiger charge is 1.99. The van der Waals surface area contributed by atoms with E-state index in [-0.39, 0.29) is 0 Å². The Morgan fingerprint density at radius 3 is 2.90 bits per heavy atom. The molecule has 2 N–H and O–H groups in total. The number of aryl methyl sites for hydroxylation is 1. The molecule has 0 atom stereocenters. The zero-order valence-corrected chi connectivity index (χ0v) is 6.82. The third-order valence-corrected chi connectivity index (χ3v) is 1.99. The van der Waals surface area contributed by atoms with Crippen LogP contribution in [0.4, 0.5) is 0 Å². The first kappa shape index (κ1) is 7.63. The highest BCUT2D eigenvalue weighted by molar-refractivity contribution is 7.05. The molecule has 1 aromatic heterocycles. The maximum absolute atomic E-state index is 5.35. The van der Waals surface area contributed by atoms with Gasteiger partial charge in [-0.2, -0.15) is 4.37 Å². The van der Waals surface area contributed by atoms with Gasteiger partial charge in [-0.25, -0.2) is 4.98 Å². The predicted octanol–water partition coefficient (Wildman–Crippen LogP) is 0.602. The Morgan fingerprint density at radius 1 is 1.60 bits per heavy atom. The molecule has 0 saturated heterocycles. The minimum absolute atomic E-state index is 0.665. The molecule has 0 aromatic carbocycles. The highest BCUT2D eigenvalue weighted by Crippen LogP contribution is 2.04. The molecule has 56 valence electrons. The number of aromatic nitrogens is 2. The Balaban J connectivity index is 2.59. The van der Waals surface area contributed by atoms with Gasteiger partial charge >= 0.3 is 0 Å². The van der Waals surface area contributed by atoms with Crippen LogP contribution in [0.2, 0.25) is 0 Å². The third kappa shape index (κ3) is 1.75. The minimum Gasteiger partial charge on any atom is -0.330 e. The molecule has 1 rings (SSSR count). The van der Waals surface area contributed by atoms with Crippen molar-refractivity contribution in [3.05, 3.63) is 10.8 Å². The minimum atomic E-state index is 0.665. The van der Waals surface area contributed by atoms with Crippen LogP contribution in [0.15, 0.2) is 0 Å². The first-order valence-electron chi connectivity index (χ1n) is 3.38. The van der Waals surface area contributed by atoms with Gasteiger partial charge in [-0.3, -0.25) is 0 Å². The van der Waals surface area contributed by atoms with Crippen LogP contribution in [0.1, 0.15) is 17.8 Å². The third-order valence-electron chi connectivity index (χ3n) is 1.18. The van der Waals surface area contributed by atoms with Crippen molar-refractivity contribution in [3.63, 3.8) is 0 Å². The molecule has 4 heteroatoms. The van der Waals surface area contributed by atoms with Crippen LogP contribution in [0, 0.1) is 0 Å². The van der Waals surface area contributed by atoms with Gasteiger partial charge < -0.3 is 5.73 Å². The summed E-state index contributed by atoms with van der Waals surface area (Å²) in [6, 6.07) is 0. The van der Waals surface area contributed by atoms with E-state index >= 15 is 0 Å². The second-order valence-electron chi connectivity index (χ2n) is 2.00. The van der Waals surface area contributed by atoms with Crippen molar-refractivity contribution >= 4 is 11.5 Å². The summed E-state index contributed by atoms with van der Waals surface area (Å²) in [6.45, 7) is 2.71. The fourth-order valence-corrected chi connectivity index (χ4v) is 1.39. The van der Waals surface area contributed by atoms with E-state index in [1.54, 1.807) is 0 Å². The monoisotopic (exact) mass is 157 g/mol. The summed E-state index contributed by atoms with van der Waals surface area (Å²) in [5, 5.41) is 1.05. The Kier molecular flexibility index (Phi) is 2.77. The largest absolute Gasteiger partial charge is 0.330 e. The lowest BCUT2D eigenvalue weighted by molar-refractivity contribution is 0.917. The number of hydrogen-bond acceptors (Lipinski definition) is 4. The smallest absolute Gasteiger partial charge is 0.142 e. The lowest BCUT2D eigenvalue weighted by atomic mass is 10.4. The second kappa shape index (κ2) is 3.63. The molecule has 1 aromatic rings. The molecular formula is C6H11N3S. The summed E-state index contributed by atoms with van der Waals surface area (Å²) in [5.74, 6) is 0.938. The fourth-order valence-electron chi connectivity index (χ4n) is 0.659. The normalized spacial score (nSPS) is 10.2. The molecule has 0 bridgehead atoms. The van der Waals surface area contributed by atoms with Crippen LogP contribution in [-0.2, 0) is 12.8 Å². The van der Waals surface area contributed by atoms with Crippen molar-refractivity contribution in [2.75, 3.05) is 6.54 Å². The van der Waals surface area contributed by atoms with Crippen LogP contribution in [0.25, 0.3) is 0 Å². The lowest BCUT2D eigenvalue weighted by Gasteiger charge is -1.85. The maximum atomic E-state index is 5.35. The molecule has 0 aliphatic rings. The summed E-state index contributed by atoms with van der Waals surface area (Å²) in [4.78, 5) is 4.25. The molecule has 0 amide bonds. The van der Waals surface area contributed by atoms with Crippen molar-refractivity contribution in [3.8, 4) is 0 Å². The summed E-state index contributed by atoms with van der Waals surface area (Å²) >= 11 is 1.46. The van der Waals surface area contributed by atoms with Gasteiger partial charge in [0.25, 0.3) is 0 Å². The zero-order valence-electron chi connectivity index (χ0n) is 6.00. The van der Waals surface area contributed by atoms with E-state index in [1.807, 2.05) is 6.92 Å². The lowest BCUT2D eigenvalue weighted by Crippen LogP contribution is -2.02. The van der Waals surface area contributed by atoms with E-state index in [0.717, 1.165) is 23.7 Å². The van der Waals surface area contributed by atoms with E-state index in [2.05, 4.69) is 9.36 Å². The van der Waals surface area contributed by atoms with Crippen LogP contribution in [-0.4, -0.2) is 15.9 Å². The average Bonchev–Trinajstić information content (AvgIpc) is 2.37. The van der Waals surface area contributed by atoms with E-state index in [0.29, 0.717) is 6.54 Å². The van der Waals surface area contributed by atoms with E-state index in [1.165, 1.54) is 11.5 Å². The summed E-state index contributed by atoms with van der Waals surface area (Å²) < 4.78 is 4.13. The first-order chi connectivity index (χ1) is 4.86. The van der Waals surface area contributed by atoms with Gasteiger partial charge in [0.2, 0.25) is 0 Å². The topological polar surface area (TPSA) is 51.8 Å². The predicted molar refractivity (Wildman–Crippen MR) is 42.0 cm³/mol. The molecule has 10 heavy (non-hydrogen) atoms. The molecule has 0 aliphatic carbocycles. The second-order valence-corrected chi connectivity index (χ2v) is 2.83. The summed E-state index contributed by atoms with van der Waals surface area (Å²) in [6.07, 6.45) is 1.78. The van der Waals surface area contributed by atoms with Crippen molar-refractivity contribution in [2.24, 2.45) is 5.73 Å². The number of nitrogens with two attached hydrogens (primary N) is 1. The van der Waals surface area contributed by atoms with Gasteiger partial charge in [-0.05, 0) is 18.1 Å². The average molecular weight is 157 g/mol. The van der Waals surface area contributed by atoms with Gasteiger partial charge in [0, 0.05) is 12.8 Å². The van der Waals surface area contributed by atoms with Crippen LogP contribution in [0.3, 0.4) is 0 Å². The maximum Gasteiger partial charge on any atom is 0.142 e. The van der Waals surface area contributed by atoms with Crippen LogP contribution >= 0.6 is 11.5 Å². The van der Waals surface area contributed by atoms with Crippen LogP contribution in [0.5, 0.6) is 0 Å². The number of rotatable bonds is 3. The Labute approximate surface area is 64.5 Å². The standard InChI is InChI=1S/C6H11N3S/c1-2-5-8-6(3-4-7)10-9-5/h2-4,7H2,1H3. The number of hydrogen-bond donors (Lipinski definition) is 1. The van der Waals surface area contributed by atoms with Gasteiger partial charge in [0.05, 0.1) is 0 Å². The quantitative estimate of drug-likeness (QED) is 0.699. The Morgan fingerprint density at radius 2 is 2.40 bits per heavy atom. The van der Waals surface area contributed by atoms with Crippen molar-refractivity contribution < 1.29 is 0 Å². The number of nitrogens with zero attached hydrogens (tertiary/aromatic N) is 2. The molecule has 0 fully saturated rings. The van der Waals surface area contributed by atoms with E-state index in [9.17, 15) is 0 Å². The highest BCUT2D eigenvalue weighted by atomic mass is 32.1.